The third kappa shape index (κ3) is 6.43. The summed E-state index contributed by atoms with van der Waals surface area (Å²) < 4.78 is 10.6. The molecule has 2 aromatic rings. The molecule has 3 heterocycles. The van der Waals surface area contributed by atoms with Gasteiger partial charge >= 0.3 is 5.97 Å². The Labute approximate surface area is 173 Å². The molecule has 8 nitrogen and oxygen atoms in total. The van der Waals surface area contributed by atoms with Gasteiger partial charge < -0.3 is 19.4 Å². The van der Waals surface area contributed by atoms with Gasteiger partial charge in [-0.15, -0.1) is 11.3 Å². The number of carbonyl (C=O) groups is 3. The summed E-state index contributed by atoms with van der Waals surface area (Å²) in [6.07, 6.45) is 0.853. The Morgan fingerprint density at radius 2 is 1.97 bits per heavy atom. The van der Waals surface area contributed by atoms with Gasteiger partial charge in [0.15, 0.2) is 0 Å². The van der Waals surface area contributed by atoms with Crippen LogP contribution in [0.5, 0.6) is 0 Å². The van der Waals surface area contributed by atoms with Crippen LogP contribution < -0.4 is 5.32 Å². The number of thiophene rings is 1. The lowest BCUT2D eigenvalue weighted by Gasteiger charge is -2.21. The van der Waals surface area contributed by atoms with E-state index in [1.807, 2.05) is 23.6 Å². The minimum Gasteiger partial charge on any atom is -0.461 e. The molecule has 0 spiro atoms. The van der Waals surface area contributed by atoms with Crippen molar-refractivity contribution in [1.29, 1.82) is 0 Å². The molecule has 1 saturated heterocycles. The number of nitrogens with zero attached hydrogens (tertiary/aromatic N) is 2. The Morgan fingerprint density at radius 1 is 1.14 bits per heavy atom. The number of hydrogen-bond acceptors (Lipinski definition) is 7. The topological polar surface area (TPSA) is 92.1 Å². The fourth-order valence-corrected chi connectivity index (χ4v) is 3.76. The minimum atomic E-state index is -0.341. The molecule has 156 valence electrons. The van der Waals surface area contributed by atoms with Gasteiger partial charge in [0.1, 0.15) is 18.1 Å². The van der Waals surface area contributed by atoms with E-state index in [1.165, 1.54) is 18.3 Å². The highest BCUT2D eigenvalue weighted by Gasteiger charge is 2.20. The Morgan fingerprint density at radius 3 is 2.72 bits per heavy atom. The molecular weight excluding hydrogens is 394 g/mol. The SMILES string of the molecule is CC(=O)OCc1ccc(CN2CCCN(C(=O)CNC(=O)c3cccs3)CC2)o1. The first-order chi connectivity index (χ1) is 14.0. The zero-order valence-electron chi connectivity index (χ0n) is 16.4. The van der Waals surface area contributed by atoms with Crippen molar-refractivity contribution in [2.24, 2.45) is 0 Å². The van der Waals surface area contributed by atoms with Crippen molar-refractivity contribution in [3.8, 4) is 0 Å². The molecule has 0 aromatic carbocycles. The highest BCUT2D eigenvalue weighted by molar-refractivity contribution is 7.12. The van der Waals surface area contributed by atoms with Crippen LogP contribution in [0, 0.1) is 0 Å². The highest BCUT2D eigenvalue weighted by Crippen LogP contribution is 2.14. The first-order valence-corrected chi connectivity index (χ1v) is 10.4. The van der Waals surface area contributed by atoms with Gasteiger partial charge in [0.25, 0.3) is 5.91 Å². The van der Waals surface area contributed by atoms with E-state index in [4.69, 9.17) is 9.15 Å². The van der Waals surface area contributed by atoms with Crippen LogP contribution in [-0.2, 0) is 27.5 Å². The number of rotatable bonds is 7. The van der Waals surface area contributed by atoms with Gasteiger partial charge in [0, 0.05) is 33.1 Å². The maximum absolute atomic E-state index is 12.5. The lowest BCUT2D eigenvalue weighted by atomic mass is 10.3. The van der Waals surface area contributed by atoms with Crippen molar-refractivity contribution in [1.82, 2.24) is 15.1 Å². The quantitative estimate of drug-likeness (QED) is 0.689. The van der Waals surface area contributed by atoms with Crippen LogP contribution >= 0.6 is 11.3 Å². The molecule has 9 heteroatoms. The summed E-state index contributed by atoms with van der Waals surface area (Å²) in [6.45, 7) is 4.99. The molecule has 1 N–H and O–H groups in total. The van der Waals surface area contributed by atoms with Gasteiger partial charge in [-0.05, 0) is 30.0 Å². The average molecular weight is 420 g/mol. The number of esters is 1. The van der Waals surface area contributed by atoms with E-state index in [0.29, 0.717) is 30.3 Å². The van der Waals surface area contributed by atoms with Gasteiger partial charge in [0.05, 0.1) is 18.0 Å². The van der Waals surface area contributed by atoms with Crippen LogP contribution in [0.15, 0.2) is 34.1 Å². The fraction of sp³-hybridized carbons (Fsp3) is 0.450. The summed E-state index contributed by atoms with van der Waals surface area (Å²) in [5, 5.41) is 4.52. The maximum Gasteiger partial charge on any atom is 0.303 e. The van der Waals surface area contributed by atoms with E-state index < -0.39 is 0 Å². The van der Waals surface area contributed by atoms with Crippen molar-refractivity contribution >= 4 is 29.1 Å². The number of ether oxygens (including phenoxy) is 1. The predicted molar refractivity (Wildman–Crippen MR) is 107 cm³/mol. The standard InChI is InChI=1S/C20H25N3O5S/c1-15(24)27-14-17-6-5-16(28-17)13-22-7-3-8-23(10-9-22)19(25)12-21-20(26)18-4-2-11-29-18/h2,4-6,11H,3,7-10,12-14H2,1H3,(H,21,26). The van der Waals surface area contributed by atoms with Gasteiger partial charge in [0.2, 0.25) is 5.91 Å². The van der Waals surface area contributed by atoms with E-state index in [0.717, 1.165) is 25.3 Å². The summed E-state index contributed by atoms with van der Waals surface area (Å²) >= 11 is 1.35. The summed E-state index contributed by atoms with van der Waals surface area (Å²) in [5.74, 6) is 0.788. The normalized spacial score (nSPS) is 15.0. The molecule has 1 aliphatic heterocycles. The summed E-state index contributed by atoms with van der Waals surface area (Å²) in [5.41, 5.74) is 0. The molecule has 0 radical (unpaired) electrons. The van der Waals surface area contributed by atoms with Crippen LogP contribution in [0.25, 0.3) is 0 Å². The molecule has 0 aliphatic carbocycles. The molecule has 1 aliphatic rings. The van der Waals surface area contributed by atoms with Crippen molar-refractivity contribution in [3.63, 3.8) is 0 Å². The maximum atomic E-state index is 12.5. The van der Waals surface area contributed by atoms with Crippen LogP contribution in [0.4, 0.5) is 0 Å². The Kier molecular flexibility index (Phi) is 7.42. The van der Waals surface area contributed by atoms with Gasteiger partial charge in [-0.25, -0.2) is 0 Å². The zero-order valence-corrected chi connectivity index (χ0v) is 17.2. The lowest BCUT2D eigenvalue weighted by Crippen LogP contribution is -2.41. The smallest absolute Gasteiger partial charge is 0.303 e. The van der Waals surface area contributed by atoms with Crippen molar-refractivity contribution in [3.05, 3.63) is 46.0 Å². The molecule has 0 saturated carbocycles. The summed E-state index contributed by atoms with van der Waals surface area (Å²) in [7, 11) is 0. The van der Waals surface area contributed by atoms with E-state index in [9.17, 15) is 14.4 Å². The van der Waals surface area contributed by atoms with E-state index in [1.54, 1.807) is 11.0 Å². The Bertz CT molecular complexity index is 833. The molecule has 3 rings (SSSR count). The molecule has 2 aromatic heterocycles. The van der Waals surface area contributed by atoms with Crippen LogP contribution in [0.3, 0.4) is 0 Å². The first kappa shape index (κ1) is 21.1. The second kappa shape index (κ2) is 10.2. The summed E-state index contributed by atoms with van der Waals surface area (Å²) in [6, 6.07) is 7.23. The van der Waals surface area contributed by atoms with E-state index >= 15 is 0 Å². The predicted octanol–water partition coefficient (Wildman–Crippen LogP) is 1.87. The van der Waals surface area contributed by atoms with Crippen molar-refractivity contribution in [2.75, 3.05) is 32.7 Å². The van der Waals surface area contributed by atoms with Gasteiger partial charge in [-0.1, -0.05) is 6.07 Å². The molecule has 0 bridgehead atoms. The second-order valence-electron chi connectivity index (χ2n) is 6.82. The highest BCUT2D eigenvalue weighted by atomic mass is 32.1. The number of amides is 2. The average Bonchev–Trinajstić information content (AvgIpc) is 3.33. The molecule has 1 fully saturated rings. The Hall–Kier alpha value is -2.65. The molecule has 2 amide bonds. The van der Waals surface area contributed by atoms with Crippen molar-refractivity contribution in [2.45, 2.75) is 26.5 Å². The third-order valence-corrected chi connectivity index (χ3v) is 5.47. The molecule has 0 atom stereocenters. The first-order valence-electron chi connectivity index (χ1n) is 9.54. The van der Waals surface area contributed by atoms with Crippen LogP contribution in [-0.4, -0.2) is 60.3 Å². The van der Waals surface area contributed by atoms with E-state index in [2.05, 4.69) is 10.2 Å². The third-order valence-electron chi connectivity index (χ3n) is 4.60. The number of hydrogen-bond donors (Lipinski definition) is 1. The second-order valence-corrected chi connectivity index (χ2v) is 7.77. The van der Waals surface area contributed by atoms with Gasteiger partial charge in [-0.3, -0.25) is 19.3 Å². The van der Waals surface area contributed by atoms with Crippen LogP contribution in [0.1, 0.15) is 34.5 Å². The number of carbonyl (C=O) groups excluding carboxylic acids is 3. The number of nitrogens with one attached hydrogen (secondary N) is 1. The Balaban J connectivity index is 1.43. The van der Waals surface area contributed by atoms with Gasteiger partial charge in [-0.2, -0.15) is 0 Å². The van der Waals surface area contributed by atoms with E-state index in [-0.39, 0.29) is 30.9 Å². The monoisotopic (exact) mass is 419 g/mol. The molecular formula is C20H25N3O5S. The lowest BCUT2D eigenvalue weighted by molar-refractivity contribution is -0.142. The summed E-state index contributed by atoms with van der Waals surface area (Å²) in [4.78, 5) is 39.9. The number of furan rings is 1. The fourth-order valence-electron chi connectivity index (χ4n) is 3.12. The largest absolute Gasteiger partial charge is 0.461 e. The van der Waals surface area contributed by atoms with Crippen molar-refractivity contribution < 1.29 is 23.5 Å². The zero-order chi connectivity index (χ0) is 20.6. The molecule has 0 unspecified atom stereocenters. The minimum absolute atomic E-state index is 0.00836. The molecule has 29 heavy (non-hydrogen) atoms. The van der Waals surface area contributed by atoms with Crippen LogP contribution in [0.2, 0.25) is 0 Å².